The van der Waals surface area contributed by atoms with E-state index in [0.29, 0.717) is 16.9 Å². The van der Waals surface area contributed by atoms with Gasteiger partial charge in [0.25, 0.3) is 0 Å². The maximum Gasteiger partial charge on any atom is 0.488 e. The van der Waals surface area contributed by atoms with E-state index in [0.717, 1.165) is 11.1 Å². The molecular weight excluding hydrogens is 213 g/mol. The summed E-state index contributed by atoms with van der Waals surface area (Å²) in [5, 5.41) is 21.5. The van der Waals surface area contributed by atoms with Crippen LogP contribution in [0.5, 0.6) is 0 Å². The lowest BCUT2D eigenvalue weighted by atomic mass is 9.78. The number of thiol groups is 1. The first-order valence-electron chi connectivity index (χ1n) is 4.25. The fourth-order valence-electron chi connectivity index (χ4n) is 1.25. The van der Waals surface area contributed by atoms with E-state index < -0.39 is 7.12 Å². The Morgan fingerprint density at radius 2 is 2.20 bits per heavy atom. The molecule has 0 aliphatic rings. The van der Waals surface area contributed by atoms with Crippen molar-refractivity contribution in [3.05, 3.63) is 33.7 Å². The Morgan fingerprint density at radius 3 is 2.67 bits per heavy atom. The summed E-state index contributed by atoms with van der Waals surface area (Å²) in [5.41, 5.74) is 10.7. The third kappa shape index (κ3) is 2.67. The number of nitrogens with zero attached hydrogens (tertiary/aromatic N) is 3. The van der Waals surface area contributed by atoms with Gasteiger partial charge in [0, 0.05) is 16.4 Å². The van der Waals surface area contributed by atoms with Crippen LogP contribution in [0.1, 0.15) is 11.1 Å². The highest BCUT2D eigenvalue weighted by Gasteiger charge is 2.14. The summed E-state index contributed by atoms with van der Waals surface area (Å²) in [6, 6.07) is 3.08. The monoisotopic (exact) mass is 223 g/mol. The molecule has 0 fully saturated rings. The molecule has 0 heterocycles. The molecule has 1 aromatic carbocycles. The van der Waals surface area contributed by atoms with E-state index in [1.807, 2.05) is 0 Å². The van der Waals surface area contributed by atoms with Gasteiger partial charge in [0.1, 0.15) is 0 Å². The van der Waals surface area contributed by atoms with Gasteiger partial charge in [-0.1, -0.05) is 17.2 Å². The van der Waals surface area contributed by atoms with E-state index in [1.54, 1.807) is 13.0 Å². The van der Waals surface area contributed by atoms with Gasteiger partial charge in [-0.2, -0.15) is 12.6 Å². The summed E-state index contributed by atoms with van der Waals surface area (Å²) in [7, 11) is -1.57. The molecule has 7 heteroatoms. The predicted octanol–water partition coefficient (Wildman–Crippen LogP) is 1.05. The fourth-order valence-corrected chi connectivity index (χ4v) is 1.58. The zero-order chi connectivity index (χ0) is 11.4. The summed E-state index contributed by atoms with van der Waals surface area (Å²) in [6.07, 6.45) is 0. The predicted molar refractivity (Wildman–Crippen MR) is 62.5 cm³/mol. The highest BCUT2D eigenvalue weighted by molar-refractivity contribution is 7.79. The van der Waals surface area contributed by atoms with Crippen LogP contribution in [0, 0.1) is 6.92 Å². The smallest absolute Gasteiger partial charge is 0.423 e. The molecule has 0 aliphatic heterocycles. The lowest BCUT2D eigenvalue weighted by Gasteiger charge is -2.09. The highest BCUT2D eigenvalue weighted by atomic mass is 32.1. The average molecular weight is 223 g/mol. The molecule has 5 nitrogen and oxygen atoms in total. The van der Waals surface area contributed by atoms with Crippen molar-refractivity contribution in [1.82, 2.24) is 0 Å². The van der Waals surface area contributed by atoms with Gasteiger partial charge in [0.2, 0.25) is 0 Å². The van der Waals surface area contributed by atoms with E-state index in [-0.39, 0.29) is 0 Å². The van der Waals surface area contributed by atoms with Gasteiger partial charge in [-0.25, -0.2) is 0 Å². The minimum Gasteiger partial charge on any atom is -0.423 e. The van der Waals surface area contributed by atoms with Gasteiger partial charge < -0.3 is 10.0 Å². The number of hydrogen-bond acceptors (Lipinski definition) is 4. The van der Waals surface area contributed by atoms with Crippen LogP contribution < -0.4 is 5.46 Å². The van der Waals surface area contributed by atoms with E-state index >= 15 is 0 Å². The van der Waals surface area contributed by atoms with Gasteiger partial charge in [-0.15, -0.1) is 0 Å². The number of hydrogen-bond donors (Lipinski definition) is 3. The average Bonchev–Trinajstić information content (AvgIpc) is 2.21. The molecule has 0 aliphatic carbocycles. The SMILES string of the molecule is Cc1c(CS)cc(B(O)O)cc1N=[N+]=[N-]. The van der Waals surface area contributed by atoms with Gasteiger partial charge in [-0.3, -0.25) is 0 Å². The second-order valence-corrected chi connectivity index (χ2v) is 3.36. The topological polar surface area (TPSA) is 89.2 Å². The molecule has 78 valence electrons. The molecule has 0 atom stereocenters. The summed E-state index contributed by atoms with van der Waals surface area (Å²) in [5.74, 6) is 0.445. The molecule has 1 aromatic rings. The quantitative estimate of drug-likeness (QED) is 0.235. The van der Waals surface area contributed by atoms with Crippen LogP contribution in [-0.2, 0) is 5.75 Å². The van der Waals surface area contributed by atoms with Crippen molar-refractivity contribution in [2.75, 3.05) is 0 Å². The molecular formula is C8H10BN3O2S. The van der Waals surface area contributed by atoms with E-state index in [9.17, 15) is 0 Å². The summed E-state index contributed by atoms with van der Waals surface area (Å²) in [6.45, 7) is 1.79. The van der Waals surface area contributed by atoms with Crippen molar-refractivity contribution in [2.45, 2.75) is 12.7 Å². The molecule has 0 saturated heterocycles. The van der Waals surface area contributed by atoms with Crippen LogP contribution in [0.2, 0.25) is 0 Å². The Kier molecular flexibility index (Phi) is 4.05. The first-order valence-corrected chi connectivity index (χ1v) is 4.89. The number of azide groups is 1. The summed E-state index contributed by atoms with van der Waals surface area (Å²) < 4.78 is 0. The van der Waals surface area contributed by atoms with Gasteiger partial charge in [-0.05, 0) is 29.0 Å². The minimum absolute atomic E-state index is 0.298. The molecule has 1 rings (SSSR count). The van der Waals surface area contributed by atoms with E-state index in [1.165, 1.54) is 6.07 Å². The summed E-state index contributed by atoms with van der Waals surface area (Å²) in [4.78, 5) is 2.68. The first-order chi connectivity index (χ1) is 7.10. The van der Waals surface area contributed by atoms with Crippen molar-refractivity contribution in [3.8, 4) is 0 Å². The Hall–Kier alpha value is -1.14. The van der Waals surface area contributed by atoms with Crippen molar-refractivity contribution >= 4 is 30.9 Å². The number of rotatable bonds is 3. The standard InChI is InChI=1S/C8H10BN3O2S/c1-5-6(4-15)2-7(9(13)14)3-8(5)11-12-10/h2-3,13-15H,4H2,1H3. The largest absolute Gasteiger partial charge is 0.488 e. The lowest BCUT2D eigenvalue weighted by molar-refractivity contribution is 0.425. The second-order valence-electron chi connectivity index (χ2n) is 3.05. The van der Waals surface area contributed by atoms with Gasteiger partial charge in [0.05, 0.1) is 0 Å². The third-order valence-electron chi connectivity index (χ3n) is 2.13. The molecule has 2 N–H and O–H groups in total. The van der Waals surface area contributed by atoms with Crippen molar-refractivity contribution in [1.29, 1.82) is 0 Å². The molecule has 0 unspecified atom stereocenters. The molecule has 15 heavy (non-hydrogen) atoms. The lowest BCUT2D eigenvalue weighted by Crippen LogP contribution is -2.30. The molecule has 0 spiro atoms. The highest BCUT2D eigenvalue weighted by Crippen LogP contribution is 2.22. The Balaban J connectivity index is 3.37. The fraction of sp³-hybridized carbons (Fsp3) is 0.250. The third-order valence-corrected chi connectivity index (χ3v) is 2.47. The van der Waals surface area contributed by atoms with Crippen molar-refractivity contribution in [3.63, 3.8) is 0 Å². The molecule has 0 radical (unpaired) electrons. The van der Waals surface area contributed by atoms with Crippen LogP contribution in [-0.4, -0.2) is 17.2 Å². The molecule has 0 bridgehead atoms. The Labute approximate surface area is 92.9 Å². The zero-order valence-electron chi connectivity index (χ0n) is 8.12. The maximum absolute atomic E-state index is 9.02. The van der Waals surface area contributed by atoms with Crippen LogP contribution in [0.3, 0.4) is 0 Å². The molecule has 0 saturated carbocycles. The van der Waals surface area contributed by atoms with Gasteiger partial charge >= 0.3 is 7.12 Å². The summed E-state index contributed by atoms with van der Waals surface area (Å²) >= 11 is 4.11. The molecule has 0 amide bonds. The van der Waals surface area contributed by atoms with Crippen molar-refractivity contribution in [2.24, 2.45) is 5.11 Å². The van der Waals surface area contributed by atoms with E-state index in [2.05, 4.69) is 22.7 Å². The van der Waals surface area contributed by atoms with Crippen LogP contribution in [0.4, 0.5) is 5.69 Å². The zero-order valence-corrected chi connectivity index (χ0v) is 9.02. The van der Waals surface area contributed by atoms with Crippen LogP contribution in [0.15, 0.2) is 17.2 Å². The second kappa shape index (κ2) is 5.09. The van der Waals surface area contributed by atoms with E-state index in [4.69, 9.17) is 15.6 Å². The maximum atomic E-state index is 9.02. The van der Waals surface area contributed by atoms with Crippen LogP contribution in [0.25, 0.3) is 10.4 Å². The minimum atomic E-state index is -1.57. The van der Waals surface area contributed by atoms with Crippen LogP contribution >= 0.6 is 12.6 Å². The Bertz CT molecular complexity index is 419. The first kappa shape index (κ1) is 11.9. The Morgan fingerprint density at radius 1 is 1.53 bits per heavy atom. The molecule has 0 aromatic heterocycles. The van der Waals surface area contributed by atoms with Crippen molar-refractivity contribution < 1.29 is 10.0 Å². The number of benzene rings is 1. The normalized spacial score (nSPS) is 9.60. The van der Waals surface area contributed by atoms with Gasteiger partial charge in [0.15, 0.2) is 0 Å².